The van der Waals surface area contributed by atoms with Crippen molar-refractivity contribution >= 4 is 5.97 Å². The molecule has 2 heterocycles. The summed E-state index contributed by atoms with van der Waals surface area (Å²) in [5.74, 6) is -0.263. The number of aromatic amines is 1. The van der Waals surface area contributed by atoms with Crippen LogP contribution < -0.4 is 5.56 Å². The number of H-pyrrole nitrogens is 1. The molecule has 0 fully saturated rings. The monoisotopic (exact) mass is 323 g/mol. The molecule has 6 heteroatoms. The van der Waals surface area contributed by atoms with E-state index in [1.165, 1.54) is 10.7 Å². The number of carbonyl (C=O) groups excluding carboxylic acids is 1. The van der Waals surface area contributed by atoms with Gasteiger partial charge in [0, 0.05) is 24.0 Å². The zero-order valence-electron chi connectivity index (χ0n) is 13.2. The molecule has 0 aliphatic carbocycles. The van der Waals surface area contributed by atoms with Gasteiger partial charge in [-0.1, -0.05) is 12.1 Å². The van der Waals surface area contributed by atoms with Crippen molar-refractivity contribution in [1.29, 1.82) is 0 Å². The van der Waals surface area contributed by atoms with Crippen LogP contribution >= 0.6 is 0 Å². The van der Waals surface area contributed by atoms with E-state index in [2.05, 4.69) is 10.1 Å². The highest BCUT2D eigenvalue weighted by molar-refractivity contribution is 5.72. The van der Waals surface area contributed by atoms with Gasteiger partial charge in [-0.05, 0) is 36.8 Å². The number of carbonyl (C=O) groups is 1. The average Bonchev–Trinajstić information content (AvgIpc) is 2.98. The molecule has 0 atom stereocenters. The van der Waals surface area contributed by atoms with Crippen molar-refractivity contribution in [2.45, 2.75) is 13.3 Å². The van der Waals surface area contributed by atoms with Gasteiger partial charge in [-0.2, -0.15) is 0 Å². The Kier molecular flexibility index (Phi) is 4.56. The van der Waals surface area contributed by atoms with Gasteiger partial charge in [0.05, 0.1) is 24.4 Å². The fourth-order valence-corrected chi connectivity index (χ4v) is 2.40. The molecule has 122 valence electrons. The highest BCUT2D eigenvalue weighted by atomic mass is 16.5. The van der Waals surface area contributed by atoms with Gasteiger partial charge in [-0.25, -0.2) is 4.68 Å². The third-order valence-corrected chi connectivity index (χ3v) is 3.54. The van der Waals surface area contributed by atoms with Crippen molar-refractivity contribution in [2.75, 3.05) is 6.61 Å². The zero-order valence-corrected chi connectivity index (χ0v) is 13.2. The molecular formula is C18H17N3O3. The van der Waals surface area contributed by atoms with Gasteiger partial charge in [0.25, 0.3) is 5.56 Å². The Bertz CT molecular complexity index is 880. The summed E-state index contributed by atoms with van der Waals surface area (Å²) >= 11 is 0. The smallest absolute Gasteiger partial charge is 0.310 e. The Labute approximate surface area is 138 Å². The van der Waals surface area contributed by atoms with Crippen LogP contribution in [0.25, 0.3) is 16.9 Å². The fourth-order valence-electron chi connectivity index (χ4n) is 2.40. The summed E-state index contributed by atoms with van der Waals surface area (Å²) < 4.78 is 6.38. The first-order valence-electron chi connectivity index (χ1n) is 7.65. The molecule has 0 spiro atoms. The molecule has 6 nitrogen and oxygen atoms in total. The number of nitrogens with one attached hydrogen (secondary N) is 1. The SMILES string of the molecule is CCOC(=O)Cc1ccc(-n2[nH]c(-c3cccnc3)cc2=O)cc1. The lowest BCUT2D eigenvalue weighted by molar-refractivity contribution is -0.142. The molecule has 1 N–H and O–H groups in total. The number of nitrogens with zero attached hydrogens (tertiary/aromatic N) is 2. The minimum absolute atomic E-state index is 0.160. The molecule has 3 rings (SSSR count). The third kappa shape index (κ3) is 3.43. The minimum atomic E-state index is -0.263. The Hall–Kier alpha value is -3.15. The standard InChI is InChI=1S/C18H17N3O3/c1-2-24-18(23)10-13-5-7-15(8-6-13)21-17(22)11-16(20-21)14-4-3-9-19-12-14/h3-9,11-12,20H,2,10H2,1H3. The Morgan fingerprint density at radius 1 is 1.25 bits per heavy atom. The number of esters is 1. The molecular weight excluding hydrogens is 306 g/mol. The maximum Gasteiger partial charge on any atom is 0.310 e. The van der Waals surface area contributed by atoms with E-state index in [0.717, 1.165) is 11.1 Å². The third-order valence-electron chi connectivity index (χ3n) is 3.54. The number of hydrogen-bond acceptors (Lipinski definition) is 4. The molecule has 0 radical (unpaired) electrons. The van der Waals surface area contributed by atoms with Crippen LogP contribution in [-0.2, 0) is 16.0 Å². The van der Waals surface area contributed by atoms with Crippen LogP contribution in [0.1, 0.15) is 12.5 Å². The number of hydrogen-bond donors (Lipinski definition) is 1. The van der Waals surface area contributed by atoms with Crippen LogP contribution in [0.3, 0.4) is 0 Å². The van der Waals surface area contributed by atoms with Crippen molar-refractivity contribution in [2.24, 2.45) is 0 Å². The summed E-state index contributed by atoms with van der Waals surface area (Å²) in [6, 6.07) is 12.4. The van der Waals surface area contributed by atoms with Crippen LogP contribution in [0.15, 0.2) is 59.7 Å². The first-order chi connectivity index (χ1) is 11.7. The average molecular weight is 323 g/mol. The topological polar surface area (TPSA) is 77.0 Å². The van der Waals surface area contributed by atoms with E-state index in [9.17, 15) is 9.59 Å². The van der Waals surface area contributed by atoms with Gasteiger partial charge in [0.1, 0.15) is 0 Å². The second-order valence-corrected chi connectivity index (χ2v) is 5.23. The fraction of sp³-hybridized carbons (Fsp3) is 0.167. The molecule has 0 aliphatic heterocycles. The van der Waals surface area contributed by atoms with Crippen LogP contribution in [-0.4, -0.2) is 27.3 Å². The van der Waals surface area contributed by atoms with E-state index >= 15 is 0 Å². The van der Waals surface area contributed by atoms with Crippen molar-refractivity contribution in [3.63, 3.8) is 0 Å². The summed E-state index contributed by atoms with van der Waals surface area (Å²) in [6.45, 7) is 2.14. The Morgan fingerprint density at radius 3 is 2.71 bits per heavy atom. The van der Waals surface area contributed by atoms with Crippen molar-refractivity contribution in [3.05, 3.63) is 70.8 Å². The molecule has 3 aromatic rings. The van der Waals surface area contributed by atoms with E-state index in [1.54, 1.807) is 31.5 Å². The number of rotatable bonds is 5. The predicted octanol–water partition coefficient (Wildman–Crippen LogP) is 2.33. The molecule has 0 aliphatic rings. The van der Waals surface area contributed by atoms with E-state index in [-0.39, 0.29) is 17.9 Å². The molecule has 0 saturated heterocycles. The van der Waals surface area contributed by atoms with Crippen LogP contribution in [0.5, 0.6) is 0 Å². The van der Waals surface area contributed by atoms with Gasteiger partial charge in [0.15, 0.2) is 0 Å². The largest absolute Gasteiger partial charge is 0.466 e. The molecule has 1 aromatic carbocycles. The lowest BCUT2D eigenvalue weighted by atomic mass is 10.1. The molecule has 0 amide bonds. The number of ether oxygens (including phenoxy) is 1. The minimum Gasteiger partial charge on any atom is -0.466 e. The molecule has 0 saturated carbocycles. The van der Waals surface area contributed by atoms with E-state index in [0.29, 0.717) is 18.0 Å². The van der Waals surface area contributed by atoms with Gasteiger partial charge >= 0.3 is 5.97 Å². The normalized spacial score (nSPS) is 10.5. The van der Waals surface area contributed by atoms with E-state index < -0.39 is 0 Å². The van der Waals surface area contributed by atoms with Crippen molar-refractivity contribution in [3.8, 4) is 16.9 Å². The number of pyridine rings is 1. The van der Waals surface area contributed by atoms with Gasteiger partial charge < -0.3 is 4.74 Å². The molecule has 0 bridgehead atoms. The van der Waals surface area contributed by atoms with Crippen molar-refractivity contribution in [1.82, 2.24) is 14.8 Å². The van der Waals surface area contributed by atoms with Crippen LogP contribution in [0.4, 0.5) is 0 Å². The second-order valence-electron chi connectivity index (χ2n) is 5.23. The summed E-state index contributed by atoms with van der Waals surface area (Å²) in [7, 11) is 0. The Morgan fingerprint density at radius 2 is 2.04 bits per heavy atom. The van der Waals surface area contributed by atoms with Gasteiger partial charge in [-0.15, -0.1) is 0 Å². The molecule has 24 heavy (non-hydrogen) atoms. The molecule has 2 aromatic heterocycles. The first-order valence-corrected chi connectivity index (χ1v) is 7.65. The summed E-state index contributed by atoms with van der Waals surface area (Å²) in [5, 5.41) is 3.07. The maximum atomic E-state index is 12.2. The summed E-state index contributed by atoms with van der Waals surface area (Å²) in [6.07, 6.45) is 3.59. The zero-order chi connectivity index (χ0) is 16.9. The summed E-state index contributed by atoms with van der Waals surface area (Å²) in [5.41, 5.74) is 2.91. The molecule has 0 unspecified atom stereocenters. The maximum absolute atomic E-state index is 12.2. The highest BCUT2D eigenvalue weighted by Gasteiger charge is 2.08. The lowest BCUT2D eigenvalue weighted by Gasteiger charge is -2.05. The summed E-state index contributed by atoms with van der Waals surface area (Å²) in [4.78, 5) is 27.7. The van der Waals surface area contributed by atoms with Crippen molar-refractivity contribution < 1.29 is 9.53 Å². The highest BCUT2D eigenvalue weighted by Crippen LogP contribution is 2.15. The van der Waals surface area contributed by atoms with Crippen LogP contribution in [0, 0.1) is 0 Å². The number of aromatic nitrogens is 3. The first kappa shape index (κ1) is 15.7. The van der Waals surface area contributed by atoms with Gasteiger partial charge in [0.2, 0.25) is 0 Å². The van der Waals surface area contributed by atoms with Crippen LogP contribution in [0.2, 0.25) is 0 Å². The lowest BCUT2D eigenvalue weighted by Crippen LogP contribution is -2.13. The van der Waals surface area contributed by atoms with Gasteiger partial charge in [-0.3, -0.25) is 19.7 Å². The second kappa shape index (κ2) is 6.95. The predicted molar refractivity (Wildman–Crippen MR) is 90.0 cm³/mol. The van der Waals surface area contributed by atoms with E-state index in [1.807, 2.05) is 24.3 Å². The number of benzene rings is 1. The Balaban J connectivity index is 1.83. The van der Waals surface area contributed by atoms with E-state index in [4.69, 9.17) is 4.74 Å². The quantitative estimate of drug-likeness (QED) is 0.731.